The van der Waals surface area contributed by atoms with E-state index in [2.05, 4.69) is 55.1 Å². The molecule has 4 aromatic rings. The number of carbonyl (C=O) groups excluding carboxylic acids is 1. The maximum atomic E-state index is 12.7. The summed E-state index contributed by atoms with van der Waals surface area (Å²) in [5, 5.41) is 4.36. The molecule has 0 spiro atoms. The van der Waals surface area contributed by atoms with E-state index in [9.17, 15) is 4.79 Å². The van der Waals surface area contributed by atoms with Crippen molar-refractivity contribution < 1.29 is 4.79 Å². The van der Waals surface area contributed by atoms with Gasteiger partial charge in [-0.15, -0.1) is 0 Å². The molecule has 0 bridgehead atoms. The number of aryl methyl sites for hydroxylation is 1. The number of imidazole rings is 1. The number of para-hydroxylation sites is 2. The summed E-state index contributed by atoms with van der Waals surface area (Å²) in [5.74, 6) is 1.13. The van der Waals surface area contributed by atoms with Crippen molar-refractivity contribution in [2.75, 3.05) is 13.1 Å². The van der Waals surface area contributed by atoms with Gasteiger partial charge < -0.3 is 14.9 Å². The number of carbonyl (C=O) groups is 1. The van der Waals surface area contributed by atoms with E-state index in [-0.39, 0.29) is 11.8 Å². The van der Waals surface area contributed by atoms with Gasteiger partial charge in [0.2, 0.25) is 5.91 Å². The fourth-order valence-electron chi connectivity index (χ4n) is 4.48. The Bertz CT molecular complexity index is 1180. The summed E-state index contributed by atoms with van der Waals surface area (Å²) in [6.45, 7) is 3.32. The molecule has 6 heteroatoms. The predicted molar refractivity (Wildman–Crippen MR) is 119 cm³/mol. The minimum Gasteiger partial charge on any atom is -0.361 e. The molecule has 0 atom stereocenters. The molecule has 5 rings (SSSR count). The predicted octanol–water partition coefficient (Wildman–Crippen LogP) is 3.58. The lowest BCUT2D eigenvalue weighted by molar-refractivity contribution is -0.126. The lowest BCUT2D eigenvalue weighted by atomic mass is 9.95. The number of aromatic amines is 1. The normalized spacial score (nSPS) is 15.8. The van der Waals surface area contributed by atoms with Gasteiger partial charge in [-0.25, -0.2) is 4.98 Å². The number of rotatable bonds is 5. The van der Waals surface area contributed by atoms with Crippen molar-refractivity contribution in [1.29, 1.82) is 0 Å². The van der Waals surface area contributed by atoms with Gasteiger partial charge in [-0.3, -0.25) is 9.69 Å². The van der Waals surface area contributed by atoms with E-state index in [0.717, 1.165) is 49.3 Å². The highest BCUT2D eigenvalue weighted by Gasteiger charge is 2.25. The molecule has 2 aromatic carbocycles. The number of aromatic nitrogens is 3. The lowest BCUT2D eigenvalue weighted by Gasteiger charge is -2.31. The number of likely N-dealkylation sites (tertiary alicyclic amines) is 1. The molecule has 2 aromatic heterocycles. The minimum absolute atomic E-state index is 0.0862. The summed E-state index contributed by atoms with van der Waals surface area (Å²) in [4.78, 5) is 23.0. The molecule has 1 aliphatic heterocycles. The largest absolute Gasteiger partial charge is 0.361 e. The molecule has 0 radical (unpaired) electrons. The fraction of sp³-hybridized carbons (Fsp3) is 0.333. The number of hydrogen-bond acceptors (Lipinski definition) is 3. The fourth-order valence-corrected chi connectivity index (χ4v) is 4.48. The van der Waals surface area contributed by atoms with E-state index >= 15 is 0 Å². The van der Waals surface area contributed by atoms with Gasteiger partial charge in [0, 0.05) is 31.2 Å². The van der Waals surface area contributed by atoms with Crippen LogP contribution in [0.25, 0.3) is 21.9 Å². The van der Waals surface area contributed by atoms with E-state index in [1.807, 2.05) is 31.4 Å². The Balaban J connectivity index is 1.14. The zero-order chi connectivity index (χ0) is 20.5. The molecular weight excluding hydrogens is 374 g/mol. The SMILES string of the molecule is Cn1c(CNC(=O)C2CCN(Cc3ccc4[nH]ccc4c3)CC2)nc2ccccc21. The highest BCUT2D eigenvalue weighted by atomic mass is 16.1. The van der Waals surface area contributed by atoms with Gasteiger partial charge in [0.1, 0.15) is 5.82 Å². The Labute approximate surface area is 175 Å². The van der Waals surface area contributed by atoms with E-state index in [1.54, 1.807) is 0 Å². The van der Waals surface area contributed by atoms with Crippen molar-refractivity contribution in [2.45, 2.75) is 25.9 Å². The standard InChI is InChI=1S/C24H27N5O/c1-28-22-5-3-2-4-21(22)27-23(28)15-26-24(30)18-9-12-29(13-10-18)16-17-6-7-20-19(14-17)8-11-25-20/h2-8,11,14,18,25H,9-10,12-13,15-16H2,1H3,(H,26,30). The van der Waals surface area contributed by atoms with Crippen LogP contribution in [0.2, 0.25) is 0 Å². The first-order chi connectivity index (χ1) is 14.7. The van der Waals surface area contributed by atoms with Crippen LogP contribution in [0.1, 0.15) is 24.2 Å². The molecule has 1 amide bonds. The van der Waals surface area contributed by atoms with Gasteiger partial charge in [0.25, 0.3) is 0 Å². The van der Waals surface area contributed by atoms with Crippen LogP contribution in [0, 0.1) is 5.92 Å². The number of amides is 1. The van der Waals surface area contributed by atoms with Crippen LogP contribution in [0.4, 0.5) is 0 Å². The first-order valence-corrected chi connectivity index (χ1v) is 10.6. The minimum atomic E-state index is 0.0862. The second kappa shape index (κ2) is 7.95. The Kier molecular flexibility index (Phi) is 5.01. The molecule has 1 saturated heterocycles. The number of nitrogens with one attached hydrogen (secondary N) is 2. The molecule has 1 aliphatic rings. The van der Waals surface area contributed by atoms with Crippen LogP contribution in [0.15, 0.2) is 54.7 Å². The number of piperidine rings is 1. The smallest absolute Gasteiger partial charge is 0.223 e. The average Bonchev–Trinajstić information content (AvgIpc) is 3.37. The molecule has 0 unspecified atom stereocenters. The second-order valence-electron chi connectivity index (χ2n) is 8.24. The van der Waals surface area contributed by atoms with E-state index in [4.69, 9.17) is 0 Å². The van der Waals surface area contributed by atoms with Crippen LogP contribution in [0.3, 0.4) is 0 Å². The molecule has 0 aliphatic carbocycles. The van der Waals surface area contributed by atoms with Gasteiger partial charge in [-0.2, -0.15) is 0 Å². The van der Waals surface area contributed by atoms with Crippen molar-refractivity contribution in [1.82, 2.24) is 24.8 Å². The maximum Gasteiger partial charge on any atom is 0.223 e. The number of nitrogens with zero attached hydrogens (tertiary/aromatic N) is 3. The molecule has 6 nitrogen and oxygen atoms in total. The van der Waals surface area contributed by atoms with Gasteiger partial charge in [0.15, 0.2) is 0 Å². The van der Waals surface area contributed by atoms with E-state index in [1.165, 1.54) is 16.5 Å². The topological polar surface area (TPSA) is 66.0 Å². The summed E-state index contributed by atoms with van der Waals surface area (Å²) in [6, 6.07) is 16.8. The van der Waals surface area contributed by atoms with Crippen LogP contribution in [-0.4, -0.2) is 38.4 Å². The van der Waals surface area contributed by atoms with Crippen molar-refractivity contribution in [2.24, 2.45) is 13.0 Å². The molecule has 154 valence electrons. The number of benzene rings is 2. The van der Waals surface area contributed by atoms with Crippen molar-refractivity contribution in [3.8, 4) is 0 Å². The molecule has 0 saturated carbocycles. The number of hydrogen-bond donors (Lipinski definition) is 2. The monoisotopic (exact) mass is 401 g/mol. The van der Waals surface area contributed by atoms with Gasteiger partial charge in [0.05, 0.1) is 17.6 Å². The Morgan fingerprint density at radius 2 is 2.00 bits per heavy atom. The lowest BCUT2D eigenvalue weighted by Crippen LogP contribution is -2.40. The zero-order valence-corrected chi connectivity index (χ0v) is 17.3. The van der Waals surface area contributed by atoms with Crippen LogP contribution >= 0.6 is 0 Å². The maximum absolute atomic E-state index is 12.7. The van der Waals surface area contributed by atoms with Crippen molar-refractivity contribution >= 4 is 27.8 Å². The second-order valence-corrected chi connectivity index (χ2v) is 8.24. The molecule has 3 heterocycles. The average molecular weight is 402 g/mol. The Morgan fingerprint density at radius 3 is 2.83 bits per heavy atom. The molecule has 1 fully saturated rings. The summed E-state index contributed by atoms with van der Waals surface area (Å²) in [5.41, 5.74) is 4.56. The highest BCUT2D eigenvalue weighted by Crippen LogP contribution is 2.21. The van der Waals surface area contributed by atoms with Gasteiger partial charge >= 0.3 is 0 Å². The van der Waals surface area contributed by atoms with Crippen LogP contribution in [-0.2, 0) is 24.9 Å². The quantitative estimate of drug-likeness (QED) is 0.537. The first-order valence-electron chi connectivity index (χ1n) is 10.6. The number of fused-ring (bicyclic) bond motifs is 2. The van der Waals surface area contributed by atoms with Crippen molar-refractivity contribution in [3.05, 3.63) is 66.1 Å². The summed E-state index contributed by atoms with van der Waals surface area (Å²) in [6.07, 6.45) is 3.79. The van der Waals surface area contributed by atoms with Crippen LogP contribution < -0.4 is 5.32 Å². The third-order valence-electron chi connectivity index (χ3n) is 6.28. The third-order valence-corrected chi connectivity index (χ3v) is 6.28. The van der Waals surface area contributed by atoms with Gasteiger partial charge in [-0.05, 0) is 67.2 Å². The van der Waals surface area contributed by atoms with E-state index < -0.39 is 0 Å². The number of H-pyrrole nitrogens is 1. The first kappa shape index (κ1) is 18.9. The zero-order valence-electron chi connectivity index (χ0n) is 17.3. The Hall–Kier alpha value is -3.12. The van der Waals surface area contributed by atoms with Crippen molar-refractivity contribution in [3.63, 3.8) is 0 Å². The summed E-state index contributed by atoms with van der Waals surface area (Å²) in [7, 11) is 2.00. The molecule has 2 N–H and O–H groups in total. The van der Waals surface area contributed by atoms with Gasteiger partial charge in [-0.1, -0.05) is 18.2 Å². The summed E-state index contributed by atoms with van der Waals surface area (Å²) >= 11 is 0. The summed E-state index contributed by atoms with van der Waals surface area (Å²) < 4.78 is 2.06. The van der Waals surface area contributed by atoms with Crippen LogP contribution in [0.5, 0.6) is 0 Å². The third kappa shape index (κ3) is 3.71. The molecule has 30 heavy (non-hydrogen) atoms. The molecular formula is C24H27N5O. The highest BCUT2D eigenvalue weighted by molar-refractivity contribution is 5.80. The Morgan fingerprint density at radius 1 is 1.17 bits per heavy atom. The van der Waals surface area contributed by atoms with E-state index in [0.29, 0.717) is 6.54 Å².